The summed E-state index contributed by atoms with van der Waals surface area (Å²) in [6.45, 7) is 0.720. The first-order chi connectivity index (χ1) is 9.41. The van der Waals surface area contributed by atoms with Crippen molar-refractivity contribution >= 4 is 5.97 Å². The van der Waals surface area contributed by atoms with E-state index in [1.807, 2.05) is 0 Å². The SMILES string of the molecule is COC(=O)c1ccc2n1CCn1cc(C(F)(F)F)nc1-2. The molecule has 3 rings (SSSR count). The molecule has 0 saturated heterocycles. The van der Waals surface area contributed by atoms with Crippen LogP contribution in [0.3, 0.4) is 0 Å². The van der Waals surface area contributed by atoms with E-state index in [4.69, 9.17) is 0 Å². The Kier molecular flexibility index (Phi) is 2.63. The fourth-order valence-electron chi connectivity index (χ4n) is 2.32. The van der Waals surface area contributed by atoms with E-state index in [9.17, 15) is 18.0 Å². The first-order valence-corrected chi connectivity index (χ1v) is 5.84. The Labute approximate surface area is 111 Å². The van der Waals surface area contributed by atoms with Gasteiger partial charge in [0.2, 0.25) is 0 Å². The number of carbonyl (C=O) groups is 1. The van der Waals surface area contributed by atoms with Gasteiger partial charge in [0.1, 0.15) is 5.69 Å². The van der Waals surface area contributed by atoms with Crippen molar-refractivity contribution < 1.29 is 22.7 Å². The van der Waals surface area contributed by atoms with Gasteiger partial charge >= 0.3 is 12.1 Å². The van der Waals surface area contributed by atoms with E-state index in [0.29, 0.717) is 24.5 Å². The van der Waals surface area contributed by atoms with Gasteiger partial charge in [-0.2, -0.15) is 13.2 Å². The van der Waals surface area contributed by atoms with Gasteiger partial charge in [0, 0.05) is 19.3 Å². The van der Waals surface area contributed by atoms with E-state index in [1.54, 1.807) is 10.6 Å². The van der Waals surface area contributed by atoms with Crippen LogP contribution < -0.4 is 0 Å². The Morgan fingerprint density at radius 1 is 1.35 bits per heavy atom. The van der Waals surface area contributed by atoms with Crippen molar-refractivity contribution in [3.8, 4) is 11.5 Å². The highest BCUT2D eigenvalue weighted by atomic mass is 19.4. The topological polar surface area (TPSA) is 49.0 Å². The second-order valence-corrected chi connectivity index (χ2v) is 4.39. The number of alkyl halides is 3. The monoisotopic (exact) mass is 285 g/mol. The fraction of sp³-hybridized carbons (Fsp3) is 0.333. The van der Waals surface area contributed by atoms with Crippen molar-refractivity contribution in [2.45, 2.75) is 19.3 Å². The average Bonchev–Trinajstić information content (AvgIpc) is 2.99. The lowest BCUT2D eigenvalue weighted by molar-refractivity contribution is -0.140. The van der Waals surface area contributed by atoms with Crippen LogP contribution in [-0.2, 0) is 24.0 Å². The smallest absolute Gasteiger partial charge is 0.434 e. The molecule has 1 aliphatic heterocycles. The van der Waals surface area contributed by atoms with Gasteiger partial charge in [-0.3, -0.25) is 0 Å². The third kappa shape index (κ3) is 1.79. The minimum atomic E-state index is -4.48. The summed E-state index contributed by atoms with van der Waals surface area (Å²) in [6, 6.07) is 3.10. The number of esters is 1. The number of methoxy groups -OCH3 is 1. The maximum absolute atomic E-state index is 12.7. The standard InChI is InChI=1S/C12H10F3N3O2/c1-20-11(19)8-3-2-7-10-16-9(12(13,14)15)6-17(10)4-5-18(7)8/h2-3,6H,4-5H2,1H3. The lowest BCUT2D eigenvalue weighted by Gasteiger charge is -2.19. The highest BCUT2D eigenvalue weighted by Gasteiger charge is 2.36. The molecule has 0 atom stereocenters. The number of hydrogen-bond donors (Lipinski definition) is 0. The molecule has 0 bridgehead atoms. The largest absolute Gasteiger partial charge is 0.464 e. The van der Waals surface area contributed by atoms with Gasteiger partial charge in [0.25, 0.3) is 0 Å². The summed E-state index contributed by atoms with van der Waals surface area (Å²) in [5.41, 5.74) is -0.140. The van der Waals surface area contributed by atoms with Gasteiger partial charge in [-0.1, -0.05) is 0 Å². The van der Waals surface area contributed by atoms with Crippen LogP contribution in [-0.4, -0.2) is 27.2 Å². The number of ether oxygens (including phenoxy) is 1. The molecule has 20 heavy (non-hydrogen) atoms. The van der Waals surface area contributed by atoms with Crippen molar-refractivity contribution in [1.82, 2.24) is 14.1 Å². The molecule has 0 aliphatic carbocycles. The molecule has 0 fully saturated rings. The van der Waals surface area contributed by atoms with Crippen molar-refractivity contribution in [3.05, 3.63) is 29.7 Å². The van der Waals surface area contributed by atoms with E-state index in [2.05, 4.69) is 9.72 Å². The molecular formula is C12H10F3N3O2. The van der Waals surface area contributed by atoms with E-state index in [-0.39, 0.29) is 5.82 Å². The minimum Gasteiger partial charge on any atom is -0.464 e. The third-order valence-electron chi connectivity index (χ3n) is 3.24. The van der Waals surface area contributed by atoms with Crippen LogP contribution in [0.15, 0.2) is 18.3 Å². The maximum atomic E-state index is 12.7. The fourth-order valence-corrected chi connectivity index (χ4v) is 2.32. The Morgan fingerprint density at radius 3 is 2.75 bits per heavy atom. The van der Waals surface area contributed by atoms with Crippen LogP contribution in [0, 0.1) is 0 Å². The Morgan fingerprint density at radius 2 is 2.10 bits per heavy atom. The first kappa shape index (κ1) is 12.8. The molecule has 8 heteroatoms. The molecule has 0 spiro atoms. The molecule has 106 valence electrons. The summed E-state index contributed by atoms with van der Waals surface area (Å²) in [4.78, 5) is 15.2. The van der Waals surface area contributed by atoms with Crippen LogP contribution in [0.1, 0.15) is 16.2 Å². The molecule has 0 saturated carbocycles. The van der Waals surface area contributed by atoms with E-state index < -0.39 is 17.8 Å². The lowest BCUT2D eigenvalue weighted by atomic mass is 10.3. The van der Waals surface area contributed by atoms with Gasteiger partial charge in [0.05, 0.1) is 12.8 Å². The molecular weight excluding hydrogens is 275 g/mol. The number of hydrogen-bond acceptors (Lipinski definition) is 3. The zero-order valence-corrected chi connectivity index (χ0v) is 10.4. The summed E-state index contributed by atoms with van der Waals surface area (Å²) in [6.07, 6.45) is -3.49. The van der Waals surface area contributed by atoms with E-state index >= 15 is 0 Å². The van der Waals surface area contributed by atoms with Gasteiger partial charge in [-0.05, 0) is 12.1 Å². The zero-order valence-electron chi connectivity index (χ0n) is 10.4. The second-order valence-electron chi connectivity index (χ2n) is 4.39. The molecule has 2 aromatic heterocycles. The molecule has 0 radical (unpaired) electrons. The number of aromatic nitrogens is 3. The number of rotatable bonds is 1. The Hall–Kier alpha value is -2.25. The zero-order chi connectivity index (χ0) is 14.5. The summed E-state index contributed by atoms with van der Waals surface area (Å²) >= 11 is 0. The lowest BCUT2D eigenvalue weighted by Crippen LogP contribution is -2.20. The Bertz CT molecular complexity index is 685. The van der Waals surface area contributed by atoms with Gasteiger partial charge in [-0.25, -0.2) is 9.78 Å². The summed E-state index contributed by atoms with van der Waals surface area (Å²) < 4.78 is 45.7. The molecule has 0 aromatic carbocycles. The Balaban J connectivity index is 2.10. The molecule has 2 aromatic rings. The number of aryl methyl sites for hydroxylation is 1. The number of halogens is 3. The predicted molar refractivity (Wildman–Crippen MR) is 62.0 cm³/mol. The van der Waals surface area contributed by atoms with Crippen LogP contribution in [0.25, 0.3) is 11.5 Å². The first-order valence-electron chi connectivity index (χ1n) is 5.84. The van der Waals surface area contributed by atoms with Crippen LogP contribution in [0.5, 0.6) is 0 Å². The normalized spacial score (nSPS) is 13.8. The van der Waals surface area contributed by atoms with Crippen LogP contribution in [0.2, 0.25) is 0 Å². The second kappa shape index (κ2) is 4.12. The molecule has 0 amide bonds. The number of fused-ring (bicyclic) bond motifs is 3. The van der Waals surface area contributed by atoms with Gasteiger partial charge < -0.3 is 13.9 Å². The highest BCUT2D eigenvalue weighted by molar-refractivity contribution is 5.89. The van der Waals surface area contributed by atoms with E-state index in [0.717, 1.165) is 6.20 Å². The number of nitrogens with zero attached hydrogens (tertiary/aromatic N) is 3. The van der Waals surface area contributed by atoms with Crippen LogP contribution in [0.4, 0.5) is 13.2 Å². The van der Waals surface area contributed by atoms with E-state index in [1.165, 1.54) is 17.7 Å². The number of imidazole rings is 1. The van der Waals surface area contributed by atoms with Crippen molar-refractivity contribution in [3.63, 3.8) is 0 Å². The third-order valence-corrected chi connectivity index (χ3v) is 3.24. The molecule has 0 unspecified atom stereocenters. The summed E-state index contributed by atoms with van der Waals surface area (Å²) in [5, 5.41) is 0. The van der Waals surface area contributed by atoms with Crippen molar-refractivity contribution in [1.29, 1.82) is 0 Å². The number of carbonyl (C=O) groups excluding carboxylic acids is 1. The summed E-state index contributed by atoms with van der Waals surface area (Å²) in [5.74, 6) is -0.314. The van der Waals surface area contributed by atoms with Crippen molar-refractivity contribution in [2.24, 2.45) is 0 Å². The highest BCUT2D eigenvalue weighted by Crippen LogP contribution is 2.33. The predicted octanol–water partition coefficient (Wildman–Crippen LogP) is 2.17. The minimum absolute atomic E-state index is 0.207. The average molecular weight is 285 g/mol. The van der Waals surface area contributed by atoms with Gasteiger partial charge in [0.15, 0.2) is 11.5 Å². The molecule has 0 N–H and O–H groups in total. The van der Waals surface area contributed by atoms with Crippen LogP contribution >= 0.6 is 0 Å². The van der Waals surface area contributed by atoms with Gasteiger partial charge in [-0.15, -0.1) is 0 Å². The molecule has 1 aliphatic rings. The van der Waals surface area contributed by atoms with Crippen molar-refractivity contribution in [2.75, 3.05) is 7.11 Å². The summed E-state index contributed by atoms with van der Waals surface area (Å²) in [7, 11) is 1.26. The molecule has 5 nitrogen and oxygen atoms in total. The maximum Gasteiger partial charge on any atom is 0.434 e. The molecule has 3 heterocycles. The quantitative estimate of drug-likeness (QED) is 0.754.